The molecule has 160 valence electrons. The number of hydrogen-bond donors (Lipinski definition) is 0. The van der Waals surface area contributed by atoms with Crippen LogP contribution in [0.2, 0.25) is 0 Å². The Balaban J connectivity index is 0.00000101. The second-order valence-electron chi connectivity index (χ2n) is 7.30. The van der Waals surface area contributed by atoms with E-state index in [2.05, 4.69) is 77.9 Å². The molecule has 0 aliphatic carbocycles. The van der Waals surface area contributed by atoms with Crippen molar-refractivity contribution in [2.75, 3.05) is 0 Å². The van der Waals surface area contributed by atoms with Crippen LogP contribution in [0.5, 0.6) is 0 Å². The van der Waals surface area contributed by atoms with E-state index >= 15 is 0 Å². The number of aliphatic imine (C=N–C) groups is 2. The summed E-state index contributed by atoms with van der Waals surface area (Å²) >= 11 is 1.90. The molecule has 3 aromatic rings. The summed E-state index contributed by atoms with van der Waals surface area (Å²) in [5.74, 6) is 0. The molecule has 1 aromatic heterocycles. The van der Waals surface area contributed by atoms with Crippen molar-refractivity contribution in [3.05, 3.63) is 79.5 Å². The van der Waals surface area contributed by atoms with E-state index in [1.165, 1.54) is 33.4 Å². The first-order valence-electron chi connectivity index (χ1n) is 9.44. The van der Waals surface area contributed by atoms with E-state index < -0.39 is 0 Å². The van der Waals surface area contributed by atoms with Crippen molar-refractivity contribution in [3.63, 3.8) is 0 Å². The Hall–Kier alpha value is -1.42. The molecule has 0 N–H and O–H groups in total. The van der Waals surface area contributed by atoms with Crippen LogP contribution in [-0.2, 0) is 13.1 Å². The van der Waals surface area contributed by atoms with E-state index in [0.717, 1.165) is 21.1 Å². The zero-order valence-electron chi connectivity index (χ0n) is 18.0. The third-order valence-electron chi connectivity index (χ3n) is 4.56. The van der Waals surface area contributed by atoms with Gasteiger partial charge in [-0.25, -0.2) is 0 Å². The molecule has 2 aromatic carbocycles. The van der Waals surface area contributed by atoms with Crippen LogP contribution in [0.4, 0.5) is 11.4 Å². The molecular formula is C24H26Cl2FeN2S. The van der Waals surface area contributed by atoms with Gasteiger partial charge in [0.1, 0.15) is 0 Å². The van der Waals surface area contributed by atoms with Crippen molar-refractivity contribution in [2.24, 2.45) is 9.98 Å². The third kappa shape index (κ3) is 7.07. The Morgan fingerprint density at radius 2 is 0.967 bits per heavy atom. The fourth-order valence-corrected chi connectivity index (χ4v) is 4.27. The van der Waals surface area contributed by atoms with Crippen LogP contribution in [0.25, 0.3) is 0 Å². The number of aryl methyl sites for hydroxylation is 6. The summed E-state index contributed by atoms with van der Waals surface area (Å²) in [5, 5.41) is 0. The monoisotopic (exact) mass is 500 g/mol. The SMILES string of the molecule is Cc1cc(C)c(N=Cc2ccc(C=Nc3c(C)cc(C)cc3C)s2)c(C)c1.[Cl][Fe][Cl]. The van der Waals surface area contributed by atoms with Crippen LogP contribution in [-0.4, -0.2) is 12.4 Å². The van der Waals surface area contributed by atoms with Gasteiger partial charge >= 0.3 is 33.3 Å². The molecular weight excluding hydrogens is 475 g/mol. The summed E-state index contributed by atoms with van der Waals surface area (Å²) in [4.78, 5) is 11.7. The first kappa shape index (κ1) is 24.8. The molecule has 0 bridgehead atoms. The molecule has 0 saturated heterocycles. The van der Waals surface area contributed by atoms with Gasteiger partial charge in [0.2, 0.25) is 0 Å². The van der Waals surface area contributed by atoms with Crippen LogP contribution < -0.4 is 0 Å². The Morgan fingerprint density at radius 3 is 1.27 bits per heavy atom. The summed E-state index contributed by atoms with van der Waals surface area (Å²) in [7, 11) is 9.53. The number of thiophene rings is 1. The Bertz CT molecular complexity index is 943. The molecule has 0 radical (unpaired) electrons. The van der Waals surface area contributed by atoms with Crippen LogP contribution in [0.1, 0.15) is 43.1 Å². The normalized spacial score (nSPS) is 11.3. The van der Waals surface area contributed by atoms with E-state index in [4.69, 9.17) is 30.2 Å². The summed E-state index contributed by atoms with van der Waals surface area (Å²) in [6, 6.07) is 12.9. The number of nitrogens with zero attached hydrogens (tertiary/aromatic N) is 2. The number of rotatable bonds is 4. The standard InChI is InChI=1S/C24H26N2S.2ClH.Fe/c1-15-9-17(3)23(18(4)10-15)25-13-21-7-8-22(27-21)14-26-24-19(5)11-16(2)12-20(24)6;;;/h7-14H,1-6H3;2*1H;/q;;;+2/p-2. The van der Waals surface area contributed by atoms with Crippen molar-refractivity contribution in [3.8, 4) is 0 Å². The van der Waals surface area contributed by atoms with Crippen LogP contribution in [0, 0.1) is 41.5 Å². The van der Waals surface area contributed by atoms with Gasteiger partial charge in [-0.2, -0.15) is 0 Å². The molecule has 0 spiro atoms. The maximum absolute atomic E-state index is 4.76. The van der Waals surface area contributed by atoms with Crippen LogP contribution >= 0.6 is 31.5 Å². The fourth-order valence-electron chi connectivity index (χ4n) is 3.52. The summed E-state index contributed by atoms with van der Waals surface area (Å²) in [6.07, 6.45) is 3.91. The molecule has 0 amide bonds. The number of halogens is 2. The first-order chi connectivity index (χ1) is 14.2. The van der Waals surface area contributed by atoms with Gasteiger partial charge in [-0.15, -0.1) is 11.3 Å². The van der Waals surface area contributed by atoms with Gasteiger partial charge in [0.05, 0.1) is 11.4 Å². The average molecular weight is 501 g/mol. The van der Waals surface area contributed by atoms with Crippen molar-refractivity contribution in [1.29, 1.82) is 0 Å². The van der Waals surface area contributed by atoms with E-state index in [1.54, 1.807) is 11.3 Å². The van der Waals surface area contributed by atoms with Gasteiger partial charge in [-0.3, -0.25) is 9.98 Å². The molecule has 0 unspecified atom stereocenters. The fraction of sp³-hybridized carbons (Fsp3) is 0.250. The predicted molar refractivity (Wildman–Crippen MR) is 132 cm³/mol. The zero-order valence-corrected chi connectivity index (χ0v) is 21.5. The molecule has 0 atom stereocenters. The Labute approximate surface area is 198 Å². The molecule has 0 aliphatic heterocycles. The first-order valence-corrected chi connectivity index (χ1v) is 13.3. The van der Waals surface area contributed by atoms with E-state index in [9.17, 15) is 0 Å². The van der Waals surface area contributed by atoms with Gasteiger partial charge in [0, 0.05) is 22.2 Å². The quantitative estimate of drug-likeness (QED) is 0.253. The molecule has 0 aliphatic rings. The van der Waals surface area contributed by atoms with Crippen molar-refractivity contribution in [2.45, 2.75) is 41.5 Å². The predicted octanol–water partition coefficient (Wildman–Crippen LogP) is 8.48. The number of hydrogen-bond acceptors (Lipinski definition) is 3. The summed E-state index contributed by atoms with van der Waals surface area (Å²) in [6.45, 7) is 12.7. The van der Waals surface area contributed by atoms with Gasteiger partial charge < -0.3 is 0 Å². The molecule has 0 fully saturated rings. The van der Waals surface area contributed by atoms with E-state index in [-0.39, 0.29) is 13.1 Å². The van der Waals surface area contributed by atoms with Gasteiger partial charge in [-0.1, -0.05) is 35.4 Å². The van der Waals surface area contributed by atoms with Crippen molar-refractivity contribution in [1.82, 2.24) is 0 Å². The second-order valence-corrected chi connectivity index (χ2v) is 10.3. The van der Waals surface area contributed by atoms with Crippen LogP contribution in [0.15, 0.2) is 46.4 Å². The summed E-state index contributed by atoms with van der Waals surface area (Å²) < 4.78 is 0. The van der Waals surface area contributed by atoms with Gasteiger partial charge in [0.25, 0.3) is 0 Å². The second kappa shape index (κ2) is 11.8. The summed E-state index contributed by atoms with van der Waals surface area (Å²) in [5.41, 5.74) is 9.55. The topological polar surface area (TPSA) is 24.7 Å². The molecule has 0 saturated carbocycles. The third-order valence-corrected chi connectivity index (χ3v) is 5.51. The van der Waals surface area contributed by atoms with Crippen molar-refractivity contribution >= 4 is 55.3 Å². The Kier molecular flexibility index (Phi) is 9.80. The Morgan fingerprint density at radius 1 is 0.667 bits per heavy atom. The molecule has 2 nitrogen and oxygen atoms in total. The van der Waals surface area contributed by atoms with E-state index in [1.807, 2.05) is 12.4 Å². The average Bonchev–Trinajstić information content (AvgIpc) is 3.08. The molecule has 6 heteroatoms. The molecule has 30 heavy (non-hydrogen) atoms. The number of benzene rings is 2. The minimum atomic E-state index is 0.194. The molecule has 3 rings (SSSR count). The van der Waals surface area contributed by atoms with Gasteiger partial charge in [-0.05, 0) is 75.9 Å². The van der Waals surface area contributed by atoms with Crippen molar-refractivity contribution < 1.29 is 13.1 Å². The molecule has 1 heterocycles. The van der Waals surface area contributed by atoms with E-state index in [0.29, 0.717) is 0 Å². The van der Waals surface area contributed by atoms with Gasteiger partial charge in [0.15, 0.2) is 0 Å². The minimum absolute atomic E-state index is 0.194. The zero-order chi connectivity index (χ0) is 22.3. The van der Waals surface area contributed by atoms with Crippen LogP contribution in [0.3, 0.4) is 0 Å². The maximum atomic E-state index is 4.76.